The zero-order valence-corrected chi connectivity index (χ0v) is 17.1. The van der Waals surface area contributed by atoms with Gasteiger partial charge in [-0.3, -0.25) is 20.4 Å². The predicted molar refractivity (Wildman–Crippen MR) is 107 cm³/mol. The molecule has 0 spiro atoms. The van der Waals surface area contributed by atoms with Crippen LogP contribution in [0, 0.1) is 12.8 Å². The standard InChI is InChI=1S/C20H23BrN2O4/c1-13(2)11-26-18-9-8-15(21)10-16(18)20(25)23-22-19(24)12-27-17-7-5-4-6-14(17)3/h4-10,13H,11-12H2,1-3H3,(H,22,24)(H,23,25). The van der Waals surface area contributed by atoms with Gasteiger partial charge in [0.2, 0.25) is 0 Å². The van der Waals surface area contributed by atoms with Crippen molar-refractivity contribution in [3.8, 4) is 11.5 Å². The third kappa shape index (κ3) is 6.60. The third-order valence-corrected chi connectivity index (χ3v) is 4.02. The molecule has 0 aliphatic carbocycles. The van der Waals surface area contributed by atoms with Gasteiger partial charge < -0.3 is 9.47 Å². The van der Waals surface area contributed by atoms with E-state index in [-0.39, 0.29) is 6.61 Å². The summed E-state index contributed by atoms with van der Waals surface area (Å²) in [4.78, 5) is 24.4. The lowest BCUT2D eigenvalue weighted by molar-refractivity contribution is -0.123. The molecule has 0 aliphatic rings. The molecule has 0 unspecified atom stereocenters. The molecule has 0 aliphatic heterocycles. The highest BCUT2D eigenvalue weighted by atomic mass is 79.9. The van der Waals surface area contributed by atoms with E-state index in [1.54, 1.807) is 24.3 Å². The first-order chi connectivity index (χ1) is 12.9. The second-order valence-corrected chi connectivity index (χ2v) is 7.32. The summed E-state index contributed by atoms with van der Waals surface area (Å²) in [5.41, 5.74) is 5.98. The Morgan fingerprint density at radius 3 is 2.48 bits per heavy atom. The number of amides is 2. The van der Waals surface area contributed by atoms with Crippen LogP contribution < -0.4 is 20.3 Å². The number of ether oxygens (including phenoxy) is 2. The van der Waals surface area contributed by atoms with E-state index < -0.39 is 11.8 Å². The molecule has 2 N–H and O–H groups in total. The number of hydrogen-bond donors (Lipinski definition) is 2. The van der Waals surface area contributed by atoms with E-state index in [0.29, 0.717) is 29.6 Å². The zero-order chi connectivity index (χ0) is 19.8. The Labute approximate surface area is 167 Å². The number of halogens is 1. The summed E-state index contributed by atoms with van der Waals surface area (Å²) in [5, 5.41) is 0. The summed E-state index contributed by atoms with van der Waals surface area (Å²) in [5.74, 6) is 0.457. The molecule has 6 nitrogen and oxygen atoms in total. The highest BCUT2D eigenvalue weighted by Crippen LogP contribution is 2.23. The van der Waals surface area contributed by atoms with Crippen molar-refractivity contribution in [3.63, 3.8) is 0 Å². The van der Waals surface area contributed by atoms with E-state index in [4.69, 9.17) is 9.47 Å². The Morgan fingerprint density at radius 2 is 1.78 bits per heavy atom. The molecule has 7 heteroatoms. The maximum atomic E-state index is 12.4. The number of carbonyl (C=O) groups is 2. The van der Waals surface area contributed by atoms with Crippen molar-refractivity contribution in [2.75, 3.05) is 13.2 Å². The molecule has 0 saturated heterocycles. The summed E-state index contributed by atoms with van der Waals surface area (Å²) >= 11 is 3.34. The predicted octanol–water partition coefficient (Wildman–Crippen LogP) is 3.63. The number of para-hydroxylation sites is 1. The largest absolute Gasteiger partial charge is 0.492 e. The van der Waals surface area contributed by atoms with Crippen LogP contribution in [0.5, 0.6) is 11.5 Å². The lowest BCUT2D eigenvalue weighted by Crippen LogP contribution is -2.44. The summed E-state index contributed by atoms with van der Waals surface area (Å²) in [6, 6.07) is 12.5. The molecule has 144 valence electrons. The number of hydrogen-bond acceptors (Lipinski definition) is 4. The van der Waals surface area contributed by atoms with Crippen LogP contribution >= 0.6 is 15.9 Å². The highest BCUT2D eigenvalue weighted by Gasteiger charge is 2.15. The number of nitrogens with one attached hydrogen (secondary N) is 2. The molecule has 0 aromatic heterocycles. The number of rotatable bonds is 7. The summed E-state index contributed by atoms with van der Waals surface area (Å²) < 4.78 is 11.9. The van der Waals surface area contributed by atoms with Crippen LogP contribution in [0.2, 0.25) is 0 Å². The van der Waals surface area contributed by atoms with Crippen molar-refractivity contribution in [2.24, 2.45) is 5.92 Å². The van der Waals surface area contributed by atoms with Crippen LogP contribution in [0.3, 0.4) is 0 Å². The van der Waals surface area contributed by atoms with Gasteiger partial charge in [-0.1, -0.05) is 48.0 Å². The van der Waals surface area contributed by atoms with Crippen molar-refractivity contribution in [3.05, 3.63) is 58.1 Å². The maximum Gasteiger partial charge on any atom is 0.276 e. The molecule has 27 heavy (non-hydrogen) atoms. The van der Waals surface area contributed by atoms with Gasteiger partial charge in [-0.05, 0) is 42.7 Å². The third-order valence-electron chi connectivity index (χ3n) is 3.53. The summed E-state index contributed by atoms with van der Waals surface area (Å²) in [6.45, 7) is 6.21. The highest BCUT2D eigenvalue weighted by molar-refractivity contribution is 9.10. The molecule has 0 radical (unpaired) electrons. The second kappa shape index (κ2) is 9.97. The average Bonchev–Trinajstić information content (AvgIpc) is 2.64. The Morgan fingerprint density at radius 1 is 1.04 bits per heavy atom. The van der Waals surface area contributed by atoms with E-state index in [1.165, 1.54) is 0 Å². The fourth-order valence-electron chi connectivity index (χ4n) is 2.15. The number of aryl methyl sites for hydroxylation is 1. The molecule has 2 amide bonds. The van der Waals surface area contributed by atoms with E-state index in [2.05, 4.69) is 26.8 Å². The first-order valence-corrected chi connectivity index (χ1v) is 9.36. The maximum absolute atomic E-state index is 12.4. The Hall–Kier alpha value is -2.54. The van der Waals surface area contributed by atoms with Crippen molar-refractivity contribution in [1.82, 2.24) is 10.9 Å². The Balaban J connectivity index is 1.92. The van der Waals surface area contributed by atoms with Gasteiger partial charge >= 0.3 is 0 Å². The minimum Gasteiger partial charge on any atom is -0.492 e. The molecule has 0 bridgehead atoms. The number of carbonyl (C=O) groups excluding carboxylic acids is 2. The fraction of sp³-hybridized carbons (Fsp3) is 0.300. The van der Waals surface area contributed by atoms with Gasteiger partial charge in [-0.25, -0.2) is 0 Å². The number of hydrazine groups is 1. The van der Waals surface area contributed by atoms with Gasteiger partial charge in [-0.2, -0.15) is 0 Å². The van der Waals surface area contributed by atoms with Crippen LogP contribution in [0.25, 0.3) is 0 Å². The van der Waals surface area contributed by atoms with Crippen LogP contribution in [0.1, 0.15) is 29.8 Å². The Kier molecular flexibility index (Phi) is 7.67. The van der Waals surface area contributed by atoms with Gasteiger partial charge in [-0.15, -0.1) is 0 Å². The van der Waals surface area contributed by atoms with Crippen LogP contribution in [-0.2, 0) is 4.79 Å². The van der Waals surface area contributed by atoms with Crippen molar-refractivity contribution < 1.29 is 19.1 Å². The molecule has 2 aromatic carbocycles. The first kappa shape index (κ1) is 20.8. The second-order valence-electron chi connectivity index (χ2n) is 6.40. The average molecular weight is 435 g/mol. The van der Waals surface area contributed by atoms with Gasteiger partial charge in [0.1, 0.15) is 11.5 Å². The quantitative estimate of drug-likeness (QED) is 0.652. The lowest BCUT2D eigenvalue weighted by Gasteiger charge is -2.14. The van der Waals surface area contributed by atoms with Crippen molar-refractivity contribution in [1.29, 1.82) is 0 Å². The number of benzene rings is 2. The monoisotopic (exact) mass is 434 g/mol. The van der Waals surface area contributed by atoms with E-state index in [1.807, 2.05) is 39.0 Å². The molecular weight excluding hydrogens is 412 g/mol. The molecular formula is C20H23BrN2O4. The summed E-state index contributed by atoms with van der Waals surface area (Å²) in [6.07, 6.45) is 0. The van der Waals surface area contributed by atoms with E-state index in [0.717, 1.165) is 10.0 Å². The zero-order valence-electron chi connectivity index (χ0n) is 15.5. The van der Waals surface area contributed by atoms with Gasteiger partial charge in [0.15, 0.2) is 6.61 Å². The SMILES string of the molecule is Cc1ccccc1OCC(=O)NNC(=O)c1cc(Br)ccc1OCC(C)C. The topological polar surface area (TPSA) is 76.7 Å². The molecule has 2 aromatic rings. The van der Waals surface area contributed by atoms with Gasteiger partial charge in [0.05, 0.1) is 12.2 Å². The van der Waals surface area contributed by atoms with Gasteiger partial charge in [0.25, 0.3) is 11.8 Å². The smallest absolute Gasteiger partial charge is 0.276 e. The molecule has 0 saturated carbocycles. The van der Waals surface area contributed by atoms with Crippen LogP contribution in [-0.4, -0.2) is 25.0 Å². The first-order valence-electron chi connectivity index (χ1n) is 8.56. The van der Waals surface area contributed by atoms with Gasteiger partial charge in [0, 0.05) is 4.47 Å². The molecule has 2 rings (SSSR count). The van der Waals surface area contributed by atoms with Crippen molar-refractivity contribution in [2.45, 2.75) is 20.8 Å². The minimum absolute atomic E-state index is 0.208. The van der Waals surface area contributed by atoms with E-state index >= 15 is 0 Å². The van der Waals surface area contributed by atoms with Crippen LogP contribution in [0.15, 0.2) is 46.9 Å². The molecule has 0 heterocycles. The normalized spacial score (nSPS) is 10.4. The molecule has 0 atom stereocenters. The fourth-order valence-corrected chi connectivity index (χ4v) is 2.51. The lowest BCUT2D eigenvalue weighted by atomic mass is 10.2. The van der Waals surface area contributed by atoms with Crippen LogP contribution in [0.4, 0.5) is 0 Å². The Bertz CT molecular complexity index is 808. The summed E-state index contributed by atoms with van der Waals surface area (Å²) in [7, 11) is 0. The minimum atomic E-state index is -0.473. The van der Waals surface area contributed by atoms with E-state index in [9.17, 15) is 9.59 Å². The van der Waals surface area contributed by atoms with Crippen molar-refractivity contribution >= 4 is 27.7 Å². The molecule has 0 fully saturated rings.